The molecule has 1 aromatic heterocycles. The number of rotatable bonds is 6. The number of nitrogens with one attached hydrogen (secondary N) is 1. The second kappa shape index (κ2) is 7.40. The summed E-state index contributed by atoms with van der Waals surface area (Å²) >= 11 is 1.50. The van der Waals surface area contributed by atoms with Crippen molar-refractivity contribution in [3.63, 3.8) is 0 Å². The van der Waals surface area contributed by atoms with Gasteiger partial charge in [-0.1, -0.05) is 13.3 Å². The number of benzene rings is 1. The van der Waals surface area contributed by atoms with E-state index in [1.54, 1.807) is 19.1 Å². The highest BCUT2D eigenvalue weighted by molar-refractivity contribution is 7.15. The van der Waals surface area contributed by atoms with E-state index in [4.69, 9.17) is 5.73 Å². The van der Waals surface area contributed by atoms with Crippen LogP contribution in [0, 0.1) is 12.7 Å². The van der Waals surface area contributed by atoms with E-state index in [9.17, 15) is 9.18 Å². The SMILES string of the molecule is CCCC(C)(N)C(=O)NC(C)c1sc(-c2ccc(F)cc2)nc1C. The van der Waals surface area contributed by atoms with Crippen LogP contribution >= 0.6 is 11.3 Å². The van der Waals surface area contributed by atoms with Gasteiger partial charge in [0.1, 0.15) is 10.8 Å². The quantitative estimate of drug-likeness (QED) is 0.830. The molecule has 1 heterocycles. The van der Waals surface area contributed by atoms with Crippen LogP contribution in [0.2, 0.25) is 0 Å². The second-order valence-electron chi connectivity index (χ2n) is 6.34. The zero-order valence-electron chi connectivity index (χ0n) is 14.5. The van der Waals surface area contributed by atoms with Crippen molar-refractivity contribution in [3.8, 4) is 10.6 Å². The topological polar surface area (TPSA) is 68.0 Å². The van der Waals surface area contributed by atoms with Crippen molar-refractivity contribution in [1.29, 1.82) is 0 Å². The van der Waals surface area contributed by atoms with Crippen molar-refractivity contribution in [2.45, 2.75) is 52.1 Å². The van der Waals surface area contributed by atoms with Gasteiger partial charge in [-0.25, -0.2) is 9.37 Å². The fourth-order valence-electron chi connectivity index (χ4n) is 2.59. The first-order chi connectivity index (χ1) is 11.2. The van der Waals surface area contributed by atoms with E-state index in [0.717, 1.165) is 27.6 Å². The van der Waals surface area contributed by atoms with Crippen molar-refractivity contribution in [2.75, 3.05) is 0 Å². The molecule has 3 N–H and O–H groups in total. The molecule has 0 spiro atoms. The van der Waals surface area contributed by atoms with Gasteiger partial charge in [-0.2, -0.15) is 0 Å². The first kappa shape index (κ1) is 18.5. The Labute approximate surface area is 146 Å². The summed E-state index contributed by atoms with van der Waals surface area (Å²) in [5, 5.41) is 3.80. The van der Waals surface area contributed by atoms with Gasteiger partial charge in [0.05, 0.1) is 22.2 Å². The van der Waals surface area contributed by atoms with Crippen molar-refractivity contribution >= 4 is 17.2 Å². The molecular weight excluding hydrogens is 325 g/mol. The van der Waals surface area contributed by atoms with Gasteiger partial charge in [0, 0.05) is 5.56 Å². The molecule has 0 saturated carbocycles. The zero-order chi connectivity index (χ0) is 17.9. The number of hydrogen-bond acceptors (Lipinski definition) is 4. The highest BCUT2D eigenvalue weighted by atomic mass is 32.1. The predicted molar refractivity (Wildman–Crippen MR) is 96.3 cm³/mol. The maximum atomic E-state index is 13.1. The fourth-order valence-corrected chi connectivity index (χ4v) is 3.66. The lowest BCUT2D eigenvalue weighted by Gasteiger charge is -2.25. The Morgan fingerprint density at radius 2 is 2.04 bits per heavy atom. The Hall–Kier alpha value is -1.79. The van der Waals surface area contributed by atoms with E-state index in [0.29, 0.717) is 6.42 Å². The summed E-state index contributed by atoms with van der Waals surface area (Å²) in [5.41, 5.74) is 6.94. The third kappa shape index (κ3) is 4.19. The third-order valence-corrected chi connectivity index (χ3v) is 5.34. The van der Waals surface area contributed by atoms with Gasteiger partial charge in [0.25, 0.3) is 0 Å². The highest BCUT2D eigenvalue weighted by Gasteiger charge is 2.29. The molecule has 2 rings (SSSR count). The molecule has 6 heteroatoms. The minimum Gasteiger partial charge on any atom is -0.347 e. The Kier molecular flexibility index (Phi) is 5.72. The summed E-state index contributed by atoms with van der Waals surface area (Å²) in [6.45, 7) is 7.59. The molecule has 0 aliphatic carbocycles. The van der Waals surface area contributed by atoms with Crippen LogP contribution in [0.15, 0.2) is 24.3 Å². The molecule has 2 aromatic rings. The summed E-state index contributed by atoms with van der Waals surface area (Å²) in [7, 11) is 0. The van der Waals surface area contributed by atoms with Crippen LogP contribution in [0.25, 0.3) is 10.6 Å². The average Bonchev–Trinajstić information content (AvgIpc) is 2.90. The molecule has 0 bridgehead atoms. The van der Waals surface area contributed by atoms with E-state index >= 15 is 0 Å². The molecule has 1 amide bonds. The van der Waals surface area contributed by atoms with Gasteiger partial charge >= 0.3 is 0 Å². The highest BCUT2D eigenvalue weighted by Crippen LogP contribution is 2.32. The largest absolute Gasteiger partial charge is 0.347 e. The number of aromatic nitrogens is 1. The van der Waals surface area contributed by atoms with Crippen LogP contribution in [0.1, 0.15) is 50.2 Å². The molecule has 2 unspecified atom stereocenters. The lowest BCUT2D eigenvalue weighted by Crippen LogP contribution is -2.51. The van der Waals surface area contributed by atoms with Crippen LogP contribution in [0.3, 0.4) is 0 Å². The Balaban J connectivity index is 2.17. The molecule has 0 fully saturated rings. The number of carbonyl (C=O) groups is 1. The van der Waals surface area contributed by atoms with Gasteiger partial charge in [-0.05, 0) is 51.5 Å². The Morgan fingerprint density at radius 3 is 2.62 bits per heavy atom. The molecular formula is C18H24FN3OS. The fraction of sp³-hybridized carbons (Fsp3) is 0.444. The summed E-state index contributed by atoms with van der Waals surface area (Å²) in [5.74, 6) is -0.431. The number of nitrogens with zero attached hydrogens (tertiary/aromatic N) is 1. The third-order valence-electron chi connectivity index (χ3n) is 3.95. The normalized spacial score (nSPS) is 14.9. The number of carbonyl (C=O) groups excluding carboxylic acids is 1. The standard InChI is InChI=1S/C18H24FN3OS/c1-5-10-18(4,20)17(23)22-12(3)15-11(2)21-16(24-15)13-6-8-14(19)9-7-13/h6-9,12H,5,10,20H2,1-4H3,(H,22,23). The zero-order valence-corrected chi connectivity index (χ0v) is 15.3. The van der Waals surface area contributed by atoms with Crippen LogP contribution in [0.5, 0.6) is 0 Å². The molecule has 0 radical (unpaired) electrons. The predicted octanol–water partition coefficient (Wildman–Crippen LogP) is 3.95. The smallest absolute Gasteiger partial charge is 0.240 e. The molecule has 0 aliphatic heterocycles. The minimum absolute atomic E-state index is 0.159. The second-order valence-corrected chi connectivity index (χ2v) is 7.37. The van der Waals surface area contributed by atoms with Gasteiger partial charge in [-0.3, -0.25) is 4.79 Å². The van der Waals surface area contributed by atoms with E-state index in [1.807, 2.05) is 20.8 Å². The van der Waals surface area contributed by atoms with Crippen LogP contribution in [-0.4, -0.2) is 16.4 Å². The molecule has 4 nitrogen and oxygen atoms in total. The van der Waals surface area contributed by atoms with Gasteiger partial charge in [0.2, 0.25) is 5.91 Å². The van der Waals surface area contributed by atoms with Gasteiger partial charge < -0.3 is 11.1 Å². The minimum atomic E-state index is -0.874. The first-order valence-corrected chi connectivity index (χ1v) is 8.89. The molecule has 24 heavy (non-hydrogen) atoms. The summed E-state index contributed by atoms with van der Waals surface area (Å²) in [6.07, 6.45) is 1.48. The van der Waals surface area contributed by atoms with Crippen LogP contribution in [-0.2, 0) is 4.79 Å². The molecule has 130 valence electrons. The number of amides is 1. The van der Waals surface area contributed by atoms with Crippen molar-refractivity contribution in [2.24, 2.45) is 5.73 Å². The lowest BCUT2D eigenvalue weighted by molar-refractivity contribution is -0.126. The molecule has 0 saturated heterocycles. The summed E-state index contributed by atoms with van der Waals surface area (Å²) in [6, 6.07) is 6.07. The van der Waals surface area contributed by atoms with Crippen molar-refractivity contribution in [1.82, 2.24) is 10.3 Å². The summed E-state index contributed by atoms with van der Waals surface area (Å²) < 4.78 is 13.1. The monoisotopic (exact) mass is 349 g/mol. The van der Waals surface area contributed by atoms with Gasteiger partial charge in [0.15, 0.2) is 0 Å². The number of hydrogen-bond donors (Lipinski definition) is 2. The summed E-state index contributed by atoms with van der Waals surface area (Å²) in [4.78, 5) is 17.9. The lowest BCUT2D eigenvalue weighted by atomic mass is 9.96. The molecule has 0 aliphatic rings. The van der Waals surface area contributed by atoms with E-state index in [-0.39, 0.29) is 17.8 Å². The Morgan fingerprint density at radius 1 is 1.42 bits per heavy atom. The van der Waals surface area contributed by atoms with Gasteiger partial charge in [-0.15, -0.1) is 11.3 Å². The number of nitrogens with two attached hydrogens (primary N) is 1. The maximum absolute atomic E-state index is 13.1. The van der Waals surface area contributed by atoms with Crippen LogP contribution in [0.4, 0.5) is 4.39 Å². The van der Waals surface area contributed by atoms with E-state index < -0.39 is 5.54 Å². The molecule has 2 atom stereocenters. The van der Waals surface area contributed by atoms with Crippen molar-refractivity contribution in [3.05, 3.63) is 40.7 Å². The van der Waals surface area contributed by atoms with E-state index in [2.05, 4.69) is 10.3 Å². The molecule has 1 aromatic carbocycles. The van der Waals surface area contributed by atoms with Crippen LogP contribution < -0.4 is 11.1 Å². The number of aryl methyl sites for hydroxylation is 1. The first-order valence-electron chi connectivity index (χ1n) is 8.07. The average molecular weight is 349 g/mol. The number of thiazole rings is 1. The van der Waals surface area contributed by atoms with Crippen molar-refractivity contribution < 1.29 is 9.18 Å². The maximum Gasteiger partial charge on any atom is 0.240 e. The van der Waals surface area contributed by atoms with E-state index in [1.165, 1.54) is 23.5 Å². The number of halogens is 1. The Bertz CT molecular complexity index is 710.